The maximum Gasteiger partial charge on any atom is 0.135 e. The summed E-state index contributed by atoms with van der Waals surface area (Å²) in [5, 5.41) is 0.543. The fraction of sp³-hybridized carbons (Fsp3) is 0.312. The summed E-state index contributed by atoms with van der Waals surface area (Å²) < 4.78 is 2.23. The first-order chi connectivity index (χ1) is 10.2. The highest BCUT2D eigenvalue weighted by atomic mass is 35.5. The van der Waals surface area contributed by atoms with E-state index in [-0.39, 0.29) is 0 Å². The standard InChI is InChI=1S/C16H17ClN4/c1-3-11-13(18-10-19-16(11)17)9-15-20-12-7-5-6-8-14(12)21(15)4-2/h5-8,10H,3-4,9H2,1-2H3. The van der Waals surface area contributed by atoms with E-state index in [0.29, 0.717) is 11.6 Å². The van der Waals surface area contributed by atoms with Gasteiger partial charge in [-0.05, 0) is 25.5 Å². The fourth-order valence-electron chi connectivity index (χ4n) is 2.69. The van der Waals surface area contributed by atoms with Gasteiger partial charge < -0.3 is 4.57 Å². The van der Waals surface area contributed by atoms with Crippen molar-refractivity contribution in [1.29, 1.82) is 0 Å². The lowest BCUT2D eigenvalue weighted by molar-refractivity contribution is 0.725. The number of benzene rings is 1. The van der Waals surface area contributed by atoms with Crippen LogP contribution in [0.3, 0.4) is 0 Å². The lowest BCUT2D eigenvalue weighted by Crippen LogP contribution is -2.07. The van der Waals surface area contributed by atoms with Gasteiger partial charge in [-0.2, -0.15) is 0 Å². The predicted octanol–water partition coefficient (Wildman–Crippen LogP) is 3.65. The quantitative estimate of drug-likeness (QED) is 0.691. The number of hydrogen-bond donors (Lipinski definition) is 0. The van der Waals surface area contributed by atoms with E-state index >= 15 is 0 Å². The number of fused-ring (bicyclic) bond motifs is 1. The number of imidazole rings is 1. The highest BCUT2D eigenvalue weighted by molar-refractivity contribution is 6.30. The van der Waals surface area contributed by atoms with Crippen molar-refractivity contribution in [2.45, 2.75) is 33.2 Å². The summed E-state index contributed by atoms with van der Waals surface area (Å²) in [7, 11) is 0. The van der Waals surface area contributed by atoms with E-state index in [2.05, 4.69) is 34.4 Å². The summed E-state index contributed by atoms with van der Waals surface area (Å²) >= 11 is 6.17. The molecule has 4 nitrogen and oxygen atoms in total. The van der Waals surface area contributed by atoms with Gasteiger partial charge in [0.1, 0.15) is 17.3 Å². The third kappa shape index (κ3) is 2.51. The molecule has 0 fully saturated rings. The zero-order chi connectivity index (χ0) is 14.8. The Hall–Kier alpha value is -1.94. The monoisotopic (exact) mass is 300 g/mol. The molecular weight excluding hydrogens is 284 g/mol. The summed E-state index contributed by atoms with van der Waals surface area (Å²) in [5.41, 5.74) is 4.15. The van der Waals surface area contributed by atoms with Crippen molar-refractivity contribution in [3.8, 4) is 0 Å². The number of para-hydroxylation sites is 2. The molecule has 0 saturated carbocycles. The number of hydrogen-bond acceptors (Lipinski definition) is 3. The van der Waals surface area contributed by atoms with Gasteiger partial charge in [-0.25, -0.2) is 15.0 Å². The van der Waals surface area contributed by atoms with Gasteiger partial charge in [0.05, 0.1) is 16.7 Å². The van der Waals surface area contributed by atoms with Crippen molar-refractivity contribution in [1.82, 2.24) is 19.5 Å². The van der Waals surface area contributed by atoms with Crippen LogP contribution in [0, 0.1) is 0 Å². The average molecular weight is 301 g/mol. The highest BCUT2D eigenvalue weighted by Gasteiger charge is 2.14. The van der Waals surface area contributed by atoms with Gasteiger partial charge >= 0.3 is 0 Å². The van der Waals surface area contributed by atoms with Crippen molar-refractivity contribution in [3.05, 3.63) is 52.8 Å². The second-order valence-electron chi connectivity index (χ2n) is 4.88. The van der Waals surface area contributed by atoms with Crippen molar-refractivity contribution in [2.24, 2.45) is 0 Å². The van der Waals surface area contributed by atoms with Gasteiger partial charge in [0, 0.05) is 18.5 Å². The molecule has 3 aromatic rings. The third-order valence-electron chi connectivity index (χ3n) is 3.71. The SMILES string of the molecule is CCc1c(Cl)ncnc1Cc1nc2ccccc2n1CC. The maximum atomic E-state index is 6.17. The van der Waals surface area contributed by atoms with E-state index in [1.54, 1.807) is 0 Å². The van der Waals surface area contributed by atoms with E-state index in [1.807, 2.05) is 18.2 Å². The van der Waals surface area contributed by atoms with Crippen LogP contribution >= 0.6 is 11.6 Å². The average Bonchev–Trinajstić information content (AvgIpc) is 2.84. The Kier molecular flexibility index (Phi) is 3.88. The second-order valence-corrected chi connectivity index (χ2v) is 5.24. The molecule has 0 aliphatic carbocycles. The topological polar surface area (TPSA) is 43.6 Å². The first-order valence-corrected chi connectivity index (χ1v) is 7.54. The molecule has 3 rings (SSSR count). The van der Waals surface area contributed by atoms with Crippen LogP contribution in [0.25, 0.3) is 11.0 Å². The van der Waals surface area contributed by atoms with Crippen LogP contribution in [-0.4, -0.2) is 19.5 Å². The van der Waals surface area contributed by atoms with Gasteiger partial charge in [0.15, 0.2) is 0 Å². The van der Waals surface area contributed by atoms with Crippen LogP contribution in [0.5, 0.6) is 0 Å². The summed E-state index contributed by atoms with van der Waals surface area (Å²) in [6.07, 6.45) is 3.02. The van der Waals surface area contributed by atoms with Gasteiger partial charge in [-0.1, -0.05) is 30.7 Å². The molecule has 108 valence electrons. The number of halogens is 1. The Morgan fingerprint density at radius 3 is 2.71 bits per heavy atom. The number of rotatable bonds is 4. The Bertz CT molecular complexity index is 779. The van der Waals surface area contributed by atoms with Gasteiger partial charge in [0.2, 0.25) is 0 Å². The van der Waals surface area contributed by atoms with E-state index in [9.17, 15) is 0 Å². The normalized spacial score (nSPS) is 11.2. The Labute approximate surface area is 128 Å². The van der Waals surface area contributed by atoms with Gasteiger partial charge in [-0.3, -0.25) is 0 Å². The molecule has 0 spiro atoms. The molecule has 0 aliphatic heterocycles. The largest absolute Gasteiger partial charge is 0.328 e. The molecule has 0 saturated heterocycles. The predicted molar refractivity (Wildman–Crippen MR) is 84.6 cm³/mol. The lowest BCUT2D eigenvalue weighted by Gasteiger charge is -2.09. The molecule has 5 heteroatoms. The molecule has 0 atom stereocenters. The second kappa shape index (κ2) is 5.82. The molecule has 0 amide bonds. The van der Waals surface area contributed by atoms with Crippen molar-refractivity contribution in [2.75, 3.05) is 0 Å². The smallest absolute Gasteiger partial charge is 0.135 e. The van der Waals surface area contributed by atoms with Crippen LogP contribution in [0.15, 0.2) is 30.6 Å². The minimum absolute atomic E-state index is 0.543. The van der Waals surface area contributed by atoms with E-state index in [0.717, 1.165) is 41.1 Å². The highest BCUT2D eigenvalue weighted by Crippen LogP contribution is 2.21. The van der Waals surface area contributed by atoms with Crippen molar-refractivity contribution in [3.63, 3.8) is 0 Å². The Balaban J connectivity index is 2.08. The lowest BCUT2D eigenvalue weighted by atomic mass is 10.1. The van der Waals surface area contributed by atoms with Crippen LogP contribution in [0.2, 0.25) is 5.15 Å². The van der Waals surface area contributed by atoms with Crippen LogP contribution in [0.4, 0.5) is 0 Å². The molecule has 2 heterocycles. The van der Waals surface area contributed by atoms with Crippen molar-refractivity contribution >= 4 is 22.6 Å². The Morgan fingerprint density at radius 2 is 1.95 bits per heavy atom. The molecule has 1 aromatic carbocycles. The number of nitrogens with zero attached hydrogens (tertiary/aromatic N) is 4. The van der Waals surface area contributed by atoms with E-state index in [4.69, 9.17) is 16.6 Å². The first kappa shape index (κ1) is 14.0. The molecule has 0 bridgehead atoms. The minimum atomic E-state index is 0.543. The van der Waals surface area contributed by atoms with Crippen LogP contribution in [0.1, 0.15) is 30.9 Å². The van der Waals surface area contributed by atoms with Gasteiger partial charge in [-0.15, -0.1) is 0 Å². The summed E-state index contributed by atoms with van der Waals surface area (Å²) in [6, 6.07) is 8.19. The molecule has 21 heavy (non-hydrogen) atoms. The zero-order valence-corrected chi connectivity index (χ0v) is 12.9. The molecule has 2 aromatic heterocycles. The number of aromatic nitrogens is 4. The van der Waals surface area contributed by atoms with Gasteiger partial charge in [0.25, 0.3) is 0 Å². The van der Waals surface area contributed by atoms with Crippen molar-refractivity contribution < 1.29 is 0 Å². The molecule has 0 unspecified atom stereocenters. The van der Waals surface area contributed by atoms with Crippen LogP contribution in [-0.2, 0) is 19.4 Å². The van der Waals surface area contributed by atoms with E-state index in [1.165, 1.54) is 6.33 Å². The fourth-order valence-corrected chi connectivity index (χ4v) is 2.98. The first-order valence-electron chi connectivity index (χ1n) is 7.17. The summed E-state index contributed by atoms with van der Waals surface area (Å²) in [6.45, 7) is 5.08. The molecule has 0 N–H and O–H groups in total. The maximum absolute atomic E-state index is 6.17. The minimum Gasteiger partial charge on any atom is -0.328 e. The molecule has 0 radical (unpaired) electrons. The van der Waals surface area contributed by atoms with E-state index < -0.39 is 0 Å². The summed E-state index contributed by atoms with van der Waals surface area (Å²) in [5.74, 6) is 1.02. The Morgan fingerprint density at radius 1 is 1.14 bits per heavy atom. The molecule has 0 aliphatic rings. The summed E-state index contributed by atoms with van der Waals surface area (Å²) in [4.78, 5) is 13.2. The number of aryl methyl sites for hydroxylation is 1. The third-order valence-corrected chi connectivity index (χ3v) is 4.04. The van der Waals surface area contributed by atoms with Crippen LogP contribution < -0.4 is 0 Å². The molecular formula is C16H17ClN4. The zero-order valence-electron chi connectivity index (χ0n) is 12.2.